The fraction of sp³-hybridized carbons (Fsp3) is 0.222. The van der Waals surface area contributed by atoms with Crippen molar-refractivity contribution in [3.8, 4) is 11.5 Å². The van der Waals surface area contributed by atoms with Crippen LogP contribution < -0.4 is 4.74 Å². The highest BCUT2D eigenvalue weighted by atomic mass is 16.5. The average Bonchev–Trinajstić information content (AvgIpc) is 2.86. The lowest BCUT2D eigenvalue weighted by molar-refractivity contribution is 0.290. The van der Waals surface area contributed by atoms with Crippen LogP contribution in [-0.4, -0.2) is 9.67 Å². The lowest BCUT2D eigenvalue weighted by Gasteiger charge is -2.08. The SMILES string of the molecule is CC(C)n1cc(COc2ccccc2O)c2ccccc21. The molecule has 0 fully saturated rings. The van der Waals surface area contributed by atoms with E-state index in [-0.39, 0.29) is 5.75 Å². The van der Waals surface area contributed by atoms with Gasteiger partial charge in [-0.15, -0.1) is 0 Å². The summed E-state index contributed by atoms with van der Waals surface area (Å²) in [6.45, 7) is 4.78. The summed E-state index contributed by atoms with van der Waals surface area (Å²) in [7, 11) is 0. The molecule has 1 aromatic heterocycles. The lowest BCUT2D eigenvalue weighted by Crippen LogP contribution is -1.98. The largest absolute Gasteiger partial charge is 0.504 e. The van der Waals surface area contributed by atoms with E-state index < -0.39 is 0 Å². The molecule has 2 aromatic carbocycles. The van der Waals surface area contributed by atoms with Gasteiger partial charge in [0.1, 0.15) is 6.61 Å². The highest BCUT2D eigenvalue weighted by Gasteiger charge is 2.11. The number of hydrogen-bond acceptors (Lipinski definition) is 2. The van der Waals surface area contributed by atoms with Crippen LogP contribution in [0.25, 0.3) is 10.9 Å². The molecule has 1 N–H and O–H groups in total. The summed E-state index contributed by atoms with van der Waals surface area (Å²) in [4.78, 5) is 0. The Morgan fingerprint density at radius 3 is 2.52 bits per heavy atom. The van der Waals surface area contributed by atoms with Gasteiger partial charge in [-0.3, -0.25) is 0 Å². The highest BCUT2D eigenvalue weighted by Crippen LogP contribution is 2.28. The number of phenolic OH excluding ortho intramolecular Hbond substituents is 1. The zero-order valence-corrected chi connectivity index (χ0v) is 12.3. The fourth-order valence-corrected chi connectivity index (χ4v) is 2.55. The molecule has 0 saturated heterocycles. The third-order valence-corrected chi connectivity index (χ3v) is 3.63. The maximum atomic E-state index is 9.77. The normalized spacial score (nSPS) is 11.2. The molecule has 0 aliphatic rings. The molecule has 0 saturated carbocycles. The maximum Gasteiger partial charge on any atom is 0.161 e. The van der Waals surface area contributed by atoms with Gasteiger partial charge in [0.2, 0.25) is 0 Å². The molecule has 1 heterocycles. The predicted molar refractivity (Wildman–Crippen MR) is 84.8 cm³/mol. The fourth-order valence-electron chi connectivity index (χ4n) is 2.55. The molecule has 108 valence electrons. The van der Waals surface area contributed by atoms with Crippen LogP contribution >= 0.6 is 0 Å². The summed E-state index contributed by atoms with van der Waals surface area (Å²) in [5, 5.41) is 11.0. The van der Waals surface area contributed by atoms with Crippen LogP contribution in [0.4, 0.5) is 0 Å². The molecule has 21 heavy (non-hydrogen) atoms. The zero-order chi connectivity index (χ0) is 14.8. The molecule has 0 spiro atoms. The molecular weight excluding hydrogens is 262 g/mol. The van der Waals surface area contributed by atoms with E-state index in [0.29, 0.717) is 18.4 Å². The Labute approximate surface area is 124 Å². The second kappa shape index (κ2) is 5.52. The molecule has 3 rings (SSSR count). The summed E-state index contributed by atoms with van der Waals surface area (Å²) >= 11 is 0. The van der Waals surface area contributed by atoms with Crippen molar-refractivity contribution < 1.29 is 9.84 Å². The van der Waals surface area contributed by atoms with E-state index in [2.05, 4.69) is 42.8 Å². The van der Waals surface area contributed by atoms with Crippen LogP contribution in [0, 0.1) is 0 Å². The highest BCUT2D eigenvalue weighted by molar-refractivity contribution is 5.84. The summed E-state index contributed by atoms with van der Waals surface area (Å²) < 4.78 is 8.01. The second-order valence-electron chi connectivity index (χ2n) is 5.43. The van der Waals surface area contributed by atoms with Gasteiger partial charge in [0, 0.05) is 28.7 Å². The first-order chi connectivity index (χ1) is 10.2. The molecule has 0 radical (unpaired) electrons. The number of fused-ring (bicyclic) bond motifs is 1. The van der Waals surface area contributed by atoms with E-state index in [9.17, 15) is 5.11 Å². The first-order valence-corrected chi connectivity index (χ1v) is 7.16. The van der Waals surface area contributed by atoms with E-state index in [1.807, 2.05) is 12.1 Å². The minimum atomic E-state index is 0.171. The minimum absolute atomic E-state index is 0.171. The molecule has 0 unspecified atom stereocenters. The third kappa shape index (κ3) is 2.59. The Balaban J connectivity index is 1.92. The Kier molecular flexibility index (Phi) is 3.57. The first-order valence-electron chi connectivity index (χ1n) is 7.16. The molecule has 0 aliphatic carbocycles. The van der Waals surface area contributed by atoms with Gasteiger partial charge >= 0.3 is 0 Å². The van der Waals surface area contributed by atoms with Gasteiger partial charge in [-0.25, -0.2) is 0 Å². The van der Waals surface area contributed by atoms with Crippen molar-refractivity contribution in [3.63, 3.8) is 0 Å². The number of para-hydroxylation sites is 3. The Morgan fingerprint density at radius 2 is 1.76 bits per heavy atom. The number of aromatic nitrogens is 1. The average molecular weight is 281 g/mol. The standard InChI is InChI=1S/C18H19NO2/c1-13(2)19-11-14(15-7-3-4-8-16(15)19)12-21-18-10-6-5-9-17(18)20/h3-11,13,20H,12H2,1-2H3. The van der Waals surface area contributed by atoms with Crippen molar-refractivity contribution in [1.29, 1.82) is 0 Å². The van der Waals surface area contributed by atoms with Crippen LogP contribution in [0.15, 0.2) is 54.7 Å². The molecule has 3 heteroatoms. The number of ether oxygens (including phenoxy) is 1. The van der Waals surface area contributed by atoms with Crippen molar-refractivity contribution in [2.75, 3.05) is 0 Å². The number of hydrogen-bond donors (Lipinski definition) is 1. The van der Waals surface area contributed by atoms with Crippen LogP contribution in [0.1, 0.15) is 25.5 Å². The van der Waals surface area contributed by atoms with E-state index in [0.717, 1.165) is 5.56 Å². The van der Waals surface area contributed by atoms with Crippen molar-refractivity contribution in [2.24, 2.45) is 0 Å². The Morgan fingerprint density at radius 1 is 1.05 bits per heavy atom. The molecule has 3 nitrogen and oxygen atoms in total. The molecule has 0 aliphatic heterocycles. The number of phenols is 1. The van der Waals surface area contributed by atoms with Crippen LogP contribution in [0.2, 0.25) is 0 Å². The van der Waals surface area contributed by atoms with Crippen LogP contribution in [0.3, 0.4) is 0 Å². The smallest absolute Gasteiger partial charge is 0.161 e. The second-order valence-corrected chi connectivity index (χ2v) is 5.43. The number of benzene rings is 2. The van der Waals surface area contributed by atoms with Gasteiger partial charge in [-0.1, -0.05) is 30.3 Å². The van der Waals surface area contributed by atoms with Gasteiger partial charge in [-0.05, 0) is 32.0 Å². The summed E-state index contributed by atoms with van der Waals surface area (Å²) in [5.41, 5.74) is 2.34. The monoisotopic (exact) mass is 281 g/mol. The van der Waals surface area contributed by atoms with E-state index in [1.54, 1.807) is 18.2 Å². The topological polar surface area (TPSA) is 34.4 Å². The molecule has 0 atom stereocenters. The van der Waals surface area contributed by atoms with Crippen molar-refractivity contribution in [2.45, 2.75) is 26.5 Å². The van der Waals surface area contributed by atoms with Gasteiger partial charge in [0.05, 0.1) is 0 Å². The predicted octanol–water partition coefficient (Wildman–Crippen LogP) is 4.51. The Bertz CT molecular complexity index is 759. The van der Waals surface area contributed by atoms with Gasteiger partial charge in [0.25, 0.3) is 0 Å². The van der Waals surface area contributed by atoms with Gasteiger partial charge in [0.15, 0.2) is 11.5 Å². The number of aromatic hydroxyl groups is 1. The van der Waals surface area contributed by atoms with E-state index in [4.69, 9.17) is 4.74 Å². The van der Waals surface area contributed by atoms with Crippen LogP contribution in [-0.2, 0) is 6.61 Å². The van der Waals surface area contributed by atoms with Gasteiger partial charge < -0.3 is 14.4 Å². The number of nitrogens with zero attached hydrogens (tertiary/aromatic N) is 1. The summed E-state index contributed by atoms with van der Waals surface area (Å²) in [6.07, 6.45) is 2.13. The quantitative estimate of drug-likeness (QED) is 0.763. The number of rotatable bonds is 4. The molecular formula is C18H19NO2. The maximum absolute atomic E-state index is 9.77. The van der Waals surface area contributed by atoms with Crippen molar-refractivity contribution in [1.82, 2.24) is 4.57 Å². The first kappa shape index (κ1) is 13.6. The van der Waals surface area contributed by atoms with Crippen molar-refractivity contribution >= 4 is 10.9 Å². The third-order valence-electron chi connectivity index (χ3n) is 3.63. The van der Waals surface area contributed by atoms with Crippen molar-refractivity contribution in [3.05, 3.63) is 60.3 Å². The molecule has 3 aromatic rings. The van der Waals surface area contributed by atoms with E-state index >= 15 is 0 Å². The van der Waals surface area contributed by atoms with E-state index in [1.165, 1.54) is 10.9 Å². The lowest BCUT2D eigenvalue weighted by atomic mass is 10.2. The summed E-state index contributed by atoms with van der Waals surface area (Å²) in [6, 6.07) is 15.8. The molecule has 0 bridgehead atoms. The summed E-state index contributed by atoms with van der Waals surface area (Å²) in [5.74, 6) is 0.684. The zero-order valence-electron chi connectivity index (χ0n) is 12.3. The van der Waals surface area contributed by atoms with Gasteiger partial charge in [-0.2, -0.15) is 0 Å². The molecule has 0 amide bonds. The minimum Gasteiger partial charge on any atom is -0.504 e. The van der Waals surface area contributed by atoms with Crippen LogP contribution in [0.5, 0.6) is 11.5 Å². The Hall–Kier alpha value is -2.42.